The number of amides is 1. The Morgan fingerprint density at radius 2 is 2.26 bits per heavy atom. The smallest absolute Gasteiger partial charge is 0.275 e. The topological polar surface area (TPSA) is 70.2 Å². The van der Waals surface area contributed by atoms with Crippen molar-refractivity contribution < 1.29 is 4.79 Å². The van der Waals surface area contributed by atoms with Crippen LogP contribution in [0.15, 0.2) is 42.0 Å². The van der Waals surface area contributed by atoms with Crippen molar-refractivity contribution in [3.8, 4) is 6.07 Å². The largest absolute Gasteiger partial charge is 0.319 e. The van der Waals surface area contributed by atoms with Crippen LogP contribution in [-0.2, 0) is 0 Å². The second-order valence-corrected chi connectivity index (χ2v) is 4.70. The van der Waals surface area contributed by atoms with E-state index in [2.05, 4.69) is 10.3 Å². The average molecular weight is 268 g/mol. The van der Waals surface area contributed by atoms with Gasteiger partial charge in [0.2, 0.25) is 0 Å². The SMILES string of the molecule is N#Cc1ccccc1NC(=O)c1cn2ccsc2n1. The lowest BCUT2D eigenvalue weighted by atomic mass is 10.2. The van der Waals surface area contributed by atoms with Gasteiger partial charge in [-0.2, -0.15) is 5.26 Å². The Morgan fingerprint density at radius 1 is 1.42 bits per heavy atom. The van der Waals surface area contributed by atoms with Crippen LogP contribution in [0.5, 0.6) is 0 Å². The summed E-state index contributed by atoms with van der Waals surface area (Å²) >= 11 is 1.46. The first kappa shape index (κ1) is 11.4. The predicted octanol–water partition coefficient (Wildman–Crippen LogP) is 2.52. The van der Waals surface area contributed by atoms with Crippen molar-refractivity contribution in [2.75, 3.05) is 5.32 Å². The highest BCUT2D eigenvalue weighted by Gasteiger charge is 2.13. The number of nitriles is 1. The number of hydrogen-bond donors (Lipinski definition) is 1. The van der Waals surface area contributed by atoms with Gasteiger partial charge in [0.25, 0.3) is 5.91 Å². The zero-order valence-corrected chi connectivity index (χ0v) is 10.5. The average Bonchev–Trinajstić information content (AvgIpc) is 3.00. The van der Waals surface area contributed by atoms with Gasteiger partial charge in [0.05, 0.1) is 11.3 Å². The lowest BCUT2D eigenvalue weighted by Gasteiger charge is -2.04. The molecule has 1 N–H and O–H groups in total. The molecule has 19 heavy (non-hydrogen) atoms. The number of imidazole rings is 1. The van der Waals surface area contributed by atoms with Crippen LogP contribution in [0.1, 0.15) is 16.1 Å². The fourth-order valence-electron chi connectivity index (χ4n) is 1.71. The van der Waals surface area contributed by atoms with E-state index in [0.29, 0.717) is 16.9 Å². The Hall–Kier alpha value is -2.65. The number of thiazole rings is 1. The molecular formula is C13H8N4OS. The molecule has 0 atom stereocenters. The number of carbonyl (C=O) groups is 1. The molecule has 1 amide bonds. The lowest BCUT2D eigenvalue weighted by molar-refractivity contribution is 0.102. The van der Waals surface area contributed by atoms with Gasteiger partial charge in [-0.3, -0.25) is 9.20 Å². The number of nitrogens with zero attached hydrogens (tertiary/aromatic N) is 3. The van der Waals surface area contributed by atoms with Crippen molar-refractivity contribution in [2.45, 2.75) is 0 Å². The second-order valence-electron chi connectivity index (χ2n) is 3.83. The Labute approximate surface area is 112 Å². The van der Waals surface area contributed by atoms with Gasteiger partial charge in [0.15, 0.2) is 4.96 Å². The molecule has 0 bridgehead atoms. The Morgan fingerprint density at radius 3 is 3.05 bits per heavy atom. The summed E-state index contributed by atoms with van der Waals surface area (Å²) in [4.78, 5) is 17.0. The van der Waals surface area contributed by atoms with E-state index < -0.39 is 0 Å². The van der Waals surface area contributed by atoms with Crippen LogP contribution >= 0.6 is 11.3 Å². The fourth-order valence-corrected chi connectivity index (χ4v) is 2.41. The standard InChI is InChI=1S/C13H8N4OS/c14-7-9-3-1-2-4-10(9)15-12(18)11-8-17-5-6-19-13(17)16-11/h1-6,8H,(H,15,18). The summed E-state index contributed by atoms with van der Waals surface area (Å²) in [7, 11) is 0. The molecule has 2 aromatic heterocycles. The molecule has 3 aromatic rings. The second kappa shape index (κ2) is 4.55. The number of benzene rings is 1. The number of carbonyl (C=O) groups excluding carboxylic acids is 1. The fraction of sp³-hybridized carbons (Fsp3) is 0. The first-order valence-electron chi connectivity index (χ1n) is 5.50. The van der Waals surface area contributed by atoms with Gasteiger partial charge in [-0.15, -0.1) is 11.3 Å². The summed E-state index contributed by atoms with van der Waals surface area (Å²) in [6.07, 6.45) is 3.50. The van der Waals surface area contributed by atoms with E-state index in [1.807, 2.05) is 17.6 Å². The highest BCUT2D eigenvalue weighted by molar-refractivity contribution is 7.15. The van der Waals surface area contributed by atoms with E-state index in [-0.39, 0.29) is 5.91 Å². The highest BCUT2D eigenvalue weighted by Crippen LogP contribution is 2.16. The van der Waals surface area contributed by atoms with Crippen LogP contribution in [0.3, 0.4) is 0 Å². The molecule has 2 heterocycles. The van der Waals surface area contributed by atoms with Gasteiger partial charge in [-0.1, -0.05) is 12.1 Å². The minimum absolute atomic E-state index is 0.321. The molecule has 0 fully saturated rings. The van der Waals surface area contributed by atoms with Crippen LogP contribution in [0.4, 0.5) is 5.69 Å². The monoisotopic (exact) mass is 268 g/mol. The molecule has 0 aliphatic rings. The van der Waals surface area contributed by atoms with Gasteiger partial charge < -0.3 is 5.32 Å². The summed E-state index contributed by atoms with van der Waals surface area (Å²) in [6, 6.07) is 8.90. The third kappa shape index (κ3) is 2.07. The van der Waals surface area contributed by atoms with Crippen molar-refractivity contribution in [2.24, 2.45) is 0 Å². The van der Waals surface area contributed by atoms with Crippen molar-refractivity contribution in [1.82, 2.24) is 9.38 Å². The van der Waals surface area contributed by atoms with Crippen LogP contribution in [0.25, 0.3) is 4.96 Å². The Bertz CT molecular complexity index is 768. The molecule has 1 aromatic carbocycles. The van der Waals surface area contributed by atoms with Crippen molar-refractivity contribution in [1.29, 1.82) is 5.26 Å². The summed E-state index contributed by atoms with van der Waals surface area (Å²) in [5, 5.41) is 13.6. The van der Waals surface area contributed by atoms with E-state index in [9.17, 15) is 4.79 Å². The number of fused-ring (bicyclic) bond motifs is 1. The number of rotatable bonds is 2. The normalized spacial score (nSPS) is 10.3. The van der Waals surface area contributed by atoms with Gasteiger partial charge in [0.1, 0.15) is 11.8 Å². The summed E-state index contributed by atoms with van der Waals surface area (Å²) in [5.74, 6) is -0.321. The Kier molecular flexibility index (Phi) is 2.74. The van der Waals surface area contributed by atoms with Crippen LogP contribution in [0.2, 0.25) is 0 Å². The number of nitrogens with one attached hydrogen (secondary N) is 1. The number of para-hydroxylation sites is 1. The molecule has 0 aliphatic carbocycles. The van der Waals surface area contributed by atoms with E-state index in [4.69, 9.17) is 5.26 Å². The molecular weight excluding hydrogens is 260 g/mol. The molecule has 0 unspecified atom stereocenters. The number of anilines is 1. The molecule has 0 aliphatic heterocycles. The van der Waals surface area contributed by atoms with Crippen molar-refractivity contribution in [3.63, 3.8) is 0 Å². The predicted molar refractivity (Wildman–Crippen MR) is 72.2 cm³/mol. The molecule has 0 saturated carbocycles. The molecule has 0 spiro atoms. The van der Waals surface area contributed by atoms with E-state index in [1.165, 1.54) is 11.3 Å². The molecule has 3 rings (SSSR count). The van der Waals surface area contributed by atoms with E-state index in [1.54, 1.807) is 34.9 Å². The van der Waals surface area contributed by atoms with Crippen molar-refractivity contribution >= 4 is 27.9 Å². The van der Waals surface area contributed by atoms with Gasteiger partial charge in [0, 0.05) is 17.8 Å². The minimum atomic E-state index is -0.321. The number of hydrogen-bond acceptors (Lipinski definition) is 4. The van der Waals surface area contributed by atoms with E-state index in [0.717, 1.165) is 4.96 Å². The Balaban J connectivity index is 1.89. The van der Waals surface area contributed by atoms with Crippen LogP contribution < -0.4 is 5.32 Å². The maximum absolute atomic E-state index is 12.1. The highest BCUT2D eigenvalue weighted by atomic mass is 32.1. The van der Waals surface area contributed by atoms with Crippen LogP contribution in [-0.4, -0.2) is 15.3 Å². The minimum Gasteiger partial charge on any atom is -0.319 e. The van der Waals surface area contributed by atoms with Gasteiger partial charge in [-0.25, -0.2) is 4.98 Å². The van der Waals surface area contributed by atoms with E-state index >= 15 is 0 Å². The maximum Gasteiger partial charge on any atom is 0.275 e. The lowest BCUT2D eigenvalue weighted by Crippen LogP contribution is -2.13. The summed E-state index contributed by atoms with van der Waals surface area (Å²) in [5.41, 5.74) is 1.25. The molecule has 0 saturated heterocycles. The summed E-state index contributed by atoms with van der Waals surface area (Å²) < 4.78 is 1.79. The molecule has 5 nitrogen and oxygen atoms in total. The quantitative estimate of drug-likeness (QED) is 0.776. The number of aromatic nitrogens is 2. The van der Waals surface area contributed by atoms with Gasteiger partial charge >= 0.3 is 0 Å². The first-order valence-corrected chi connectivity index (χ1v) is 6.38. The third-order valence-electron chi connectivity index (χ3n) is 2.62. The molecule has 0 radical (unpaired) electrons. The van der Waals surface area contributed by atoms with Gasteiger partial charge in [-0.05, 0) is 12.1 Å². The first-order chi connectivity index (χ1) is 9.28. The zero-order chi connectivity index (χ0) is 13.2. The zero-order valence-electron chi connectivity index (χ0n) is 9.70. The summed E-state index contributed by atoms with van der Waals surface area (Å²) in [6.45, 7) is 0. The van der Waals surface area contributed by atoms with Crippen LogP contribution in [0, 0.1) is 11.3 Å². The molecule has 92 valence electrons. The third-order valence-corrected chi connectivity index (χ3v) is 3.39. The van der Waals surface area contributed by atoms with Crippen molar-refractivity contribution in [3.05, 3.63) is 53.3 Å². The maximum atomic E-state index is 12.1. The molecule has 6 heteroatoms.